The predicted molar refractivity (Wildman–Crippen MR) is 129 cm³/mol. The van der Waals surface area contributed by atoms with Crippen LogP contribution in [0, 0.1) is 17.0 Å². The largest absolute Gasteiger partial charge is 0.355 e. The molecule has 2 aliphatic rings. The molecule has 0 bridgehead atoms. The van der Waals surface area contributed by atoms with Crippen molar-refractivity contribution in [3.05, 3.63) is 58.3 Å². The minimum Gasteiger partial charge on any atom is -0.355 e. The Morgan fingerprint density at radius 3 is 2.55 bits per heavy atom. The lowest BCUT2D eigenvalue weighted by atomic mass is 9.89. The average Bonchev–Trinajstić information content (AvgIpc) is 2.81. The fourth-order valence-electron chi connectivity index (χ4n) is 4.89. The van der Waals surface area contributed by atoms with Crippen molar-refractivity contribution in [1.29, 1.82) is 0 Å². The smallest absolute Gasteiger partial charge is 0.319 e. The molecule has 4 rings (SSSR count). The molecule has 0 radical (unpaired) electrons. The number of piperidine rings is 1. The van der Waals surface area contributed by atoms with Gasteiger partial charge in [-0.05, 0) is 50.8 Å². The Morgan fingerprint density at radius 2 is 1.82 bits per heavy atom. The van der Waals surface area contributed by atoms with Crippen LogP contribution in [0.5, 0.6) is 0 Å². The molecule has 1 saturated carbocycles. The van der Waals surface area contributed by atoms with Crippen molar-refractivity contribution >= 4 is 23.2 Å². The van der Waals surface area contributed by atoms with Gasteiger partial charge in [-0.25, -0.2) is 9.78 Å². The predicted octanol–water partition coefficient (Wildman–Crippen LogP) is 3.99. The maximum Gasteiger partial charge on any atom is 0.319 e. The second-order valence-electron chi connectivity index (χ2n) is 8.94. The van der Waals surface area contributed by atoms with Gasteiger partial charge in [-0.15, -0.1) is 0 Å². The molecule has 2 amide bonds. The number of anilines is 2. The summed E-state index contributed by atoms with van der Waals surface area (Å²) >= 11 is 0. The van der Waals surface area contributed by atoms with E-state index in [9.17, 15) is 14.9 Å². The highest BCUT2D eigenvalue weighted by molar-refractivity contribution is 5.89. The second-order valence-corrected chi connectivity index (χ2v) is 8.94. The average molecular weight is 453 g/mol. The zero-order valence-electron chi connectivity index (χ0n) is 19.0. The molecule has 2 heterocycles. The van der Waals surface area contributed by atoms with Gasteiger partial charge in [0.1, 0.15) is 11.5 Å². The number of urea groups is 1. The Bertz CT molecular complexity index is 970. The van der Waals surface area contributed by atoms with E-state index in [4.69, 9.17) is 0 Å². The number of amides is 2. The zero-order valence-corrected chi connectivity index (χ0v) is 19.0. The van der Waals surface area contributed by atoms with Crippen molar-refractivity contribution in [2.24, 2.45) is 0 Å². The van der Waals surface area contributed by atoms with Gasteiger partial charge in [-0.2, -0.15) is 0 Å². The second kappa shape index (κ2) is 10.6. The van der Waals surface area contributed by atoms with Crippen LogP contribution in [-0.4, -0.2) is 47.2 Å². The minimum absolute atomic E-state index is 0.0512. The van der Waals surface area contributed by atoms with E-state index in [1.54, 1.807) is 19.1 Å². The third-order valence-electron chi connectivity index (χ3n) is 6.55. The highest BCUT2D eigenvalue weighted by Crippen LogP contribution is 2.25. The number of nitrogens with one attached hydrogen (secondary N) is 3. The molecule has 9 nitrogen and oxygen atoms in total. The van der Waals surface area contributed by atoms with Crippen LogP contribution in [0.15, 0.2) is 42.5 Å². The maximum atomic E-state index is 12.5. The van der Waals surface area contributed by atoms with E-state index in [2.05, 4.69) is 25.8 Å². The summed E-state index contributed by atoms with van der Waals surface area (Å²) in [5, 5.41) is 21.0. The van der Waals surface area contributed by atoms with E-state index in [0.717, 1.165) is 63.1 Å². The topological polar surface area (TPSA) is 112 Å². The highest BCUT2D eigenvalue weighted by Gasteiger charge is 2.30. The van der Waals surface area contributed by atoms with Crippen molar-refractivity contribution in [1.82, 2.24) is 15.6 Å². The molecule has 1 aliphatic carbocycles. The van der Waals surface area contributed by atoms with Gasteiger partial charge in [0.15, 0.2) is 0 Å². The molecular formula is C24H32N6O3. The molecule has 9 heteroatoms. The number of aryl methyl sites for hydroxylation is 1. The van der Waals surface area contributed by atoms with Crippen molar-refractivity contribution in [3.63, 3.8) is 0 Å². The van der Waals surface area contributed by atoms with Gasteiger partial charge in [-0.3, -0.25) is 10.1 Å². The number of nitrogens with zero attached hydrogens (tertiary/aromatic N) is 3. The maximum absolute atomic E-state index is 12.5. The molecule has 1 aliphatic heterocycles. The number of carbonyl (C=O) groups is 1. The Kier molecular flexibility index (Phi) is 7.39. The van der Waals surface area contributed by atoms with Crippen LogP contribution < -0.4 is 20.9 Å². The van der Waals surface area contributed by atoms with Crippen LogP contribution >= 0.6 is 0 Å². The van der Waals surface area contributed by atoms with Crippen LogP contribution in [0.1, 0.15) is 44.2 Å². The summed E-state index contributed by atoms with van der Waals surface area (Å²) in [6.07, 6.45) is 6.32. The number of pyridine rings is 1. The Morgan fingerprint density at radius 1 is 1.06 bits per heavy atom. The third-order valence-corrected chi connectivity index (χ3v) is 6.55. The van der Waals surface area contributed by atoms with E-state index >= 15 is 0 Å². The fraction of sp³-hybridized carbons (Fsp3) is 0.500. The van der Waals surface area contributed by atoms with Crippen LogP contribution in [-0.2, 0) is 0 Å². The summed E-state index contributed by atoms with van der Waals surface area (Å²) in [5.41, 5.74) is 1.27. The molecule has 1 unspecified atom stereocenters. The number of hydrogen-bond acceptors (Lipinski definition) is 6. The Labute approximate surface area is 194 Å². The molecule has 2 aromatic rings. The number of para-hydroxylation sites is 1. The number of benzene rings is 1. The number of nitro groups is 1. The fourth-order valence-corrected chi connectivity index (χ4v) is 4.89. The van der Waals surface area contributed by atoms with E-state index in [1.165, 1.54) is 0 Å². The quantitative estimate of drug-likeness (QED) is 0.451. The zero-order chi connectivity index (χ0) is 23.2. The van der Waals surface area contributed by atoms with Crippen molar-refractivity contribution in [2.75, 3.05) is 23.3 Å². The first-order valence-electron chi connectivity index (χ1n) is 11.7. The van der Waals surface area contributed by atoms with Gasteiger partial charge in [0.2, 0.25) is 0 Å². The molecule has 3 atom stereocenters. The van der Waals surface area contributed by atoms with Crippen LogP contribution in [0.4, 0.5) is 22.0 Å². The standard InChI is InChI=1S/C24H32N6O3/c1-17-22(30(32)33)13-14-23(25-17)29-15-7-10-19(16-29)26-20-11-5-6-12-21(20)28-24(31)27-18-8-3-2-4-9-18/h2-4,8-9,13-14,19-21,26H,5-7,10-12,15-16H2,1H3,(H2,27,28,31)/t19-,20?,21+/m0/s1. The minimum atomic E-state index is -0.392. The molecule has 2 fully saturated rings. The first-order valence-corrected chi connectivity index (χ1v) is 11.7. The Hall–Kier alpha value is -3.20. The molecule has 33 heavy (non-hydrogen) atoms. The monoisotopic (exact) mass is 452 g/mol. The van der Waals surface area contributed by atoms with E-state index in [-0.39, 0.29) is 29.8 Å². The summed E-state index contributed by atoms with van der Waals surface area (Å²) in [5.74, 6) is 0.783. The molecule has 1 saturated heterocycles. The summed E-state index contributed by atoms with van der Waals surface area (Å²) < 4.78 is 0. The van der Waals surface area contributed by atoms with Crippen LogP contribution in [0.2, 0.25) is 0 Å². The normalized spacial score (nSPS) is 23.1. The summed E-state index contributed by atoms with van der Waals surface area (Å²) in [4.78, 5) is 29.9. The number of rotatable bonds is 6. The van der Waals surface area contributed by atoms with Gasteiger partial charge in [0, 0.05) is 43.0 Å². The van der Waals surface area contributed by atoms with E-state index < -0.39 is 4.92 Å². The molecule has 1 aromatic heterocycles. The number of hydrogen-bond donors (Lipinski definition) is 3. The van der Waals surface area contributed by atoms with Crippen molar-refractivity contribution < 1.29 is 9.72 Å². The summed E-state index contributed by atoms with van der Waals surface area (Å²) in [7, 11) is 0. The first-order chi connectivity index (χ1) is 16.0. The molecule has 3 N–H and O–H groups in total. The van der Waals surface area contributed by atoms with Gasteiger partial charge in [-0.1, -0.05) is 31.0 Å². The first kappa shape index (κ1) is 23.0. The van der Waals surface area contributed by atoms with Gasteiger partial charge in [0.05, 0.1) is 4.92 Å². The molecule has 0 spiro atoms. The number of aromatic nitrogens is 1. The van der Waals surface area contributed by atoms with Crippen molar-refractivity contribution in [2.45, 2.75) is 63.6 Å². The third kappa shape index (κ3) is 5.98. The lowest BCUT2D eigenvalue weighted by molar-refractivity contribution is -0.385. The van der Waals surface area contributed by atoms with E-state index in [0.29, 0.717) is 5.69 Å². The summed E-state index contributed by atoms with van der Waals surface area (Å²) in [6, 6.07) is 13.2. The lowest BCUT2D eigenvalue weighted by Gasteiger charge is -2.40. The van der Waals surface area contributed by atoms with Crippen LogP contribution in [0.25, 0.3) is 0 Å². The molecule has 176 valence electrons. The van der Waals surface area contributed by atoms with E-state index in [1.807, 2.05) is 30.3 Å². The SMILES string of the molecule is Cc1nc(N2CCC[C@H](NC3CCCC[C@H]3NC(=O)Nc3ccccc3)C2)ccc1[N+](=O)[O-]. The summed E-state index contributed by atoms with van der Waals surface area (Å²) in [6.45, 7) is 3.36. The Balaban J connectivity index is 1.35. The number of carbonyl (C=O) groups excluding carboxylic acids is 1. The highest BCUT2D eigenvalue weighted by atomic mass is 16.6. The van der Waals surface area contributed by atoms with Gasteiger partial charge < -0.3 is 20.9 Å². The molecule has 1 aromatic carbocycles. The van der Waals surface area contributed by atoms with Gasteiger partial charge in [0.25, 0.3) is 5.69 Å². The van der Waals surface area contributed by atoms with Crippen LogP contribution in [0.3, 0.4) is 0 Å². The van der Waals surface area contributed by atoms with Gasteiger partial charge >= 0.3 is 6.03 Å². The lowest BCUT2D eigenvalue weighted by Crippen LogP contribution is -2.57. The van der Waals surface area contributed by atoms with Crippen molar-refractivity contribution in [3.8, 4) is 0 Å². The molecular weight excluding hydrogens is 420 g/mol.